The first-order valence-corrected chi connectivity index (χ1v) is 5.81. The van der Waals surface area contributed by atoms with Crippen LogP contribution in [0.4, 0.5) is 5.69 Å². The van der Waals surface area contributed by atoms with E-state index in [0.717, 1.165) is 0 Å². The number of rotatable bonds is 4. The largest absolute Gasteiger partial charge is 0.494 e. The van der Waals surface area contributed by atoms with Crippen molar-refractivity contribution in [1.82, 2.24) is 15.0 Å². The molecule has 0 aliphatic heterocycles. The monoisotopic (exact) mass is 278 g/mol. The lowest BCUT2D eigenvalue weighted by Crippen LogP contribution is -2.15. The first-order chi connectivity index (χ1) is 9.32. The molecule has 0 amide bonds. The van der Waals surface area contributed by atoms with Crippen molar-refractivity contribution in [3.63, 3.8) is 0 Å². The zero-order valence-corrected chi connectivity index (χ0v) is 11.3. The molecule has 0 unspecified atom stereocenters. The number of ether oxygens (including phenoxy) is 1. The van der Waals surface area contributed by atoms with Crippen LogP contribution < -0.4 is 4.74 Å². The highest BCUT2D eigenvalue weighted by atomic mass is 16.6. The van der Waals surface area contributed by atoms with E-state index in [-0.39, 0.29) is 5.69 Å². The summed E-state index contributed by atoms with van der Waals surface area (Å²) in [5, 5.41) is 28.4. The second kappa shape index (κ2) is 4.89. The molecule has 0 spiro atoms. The first-order valence-electron chi connectivity index (χ1n) is 5.81. The third-order valence-electron chi connectivity index (χ3n) is 2.74. The summed E-state index contributed by atoms with van der Waals surface area (Å²) >= 11 is 0. The second-order valence-corrected chi connectivity index (χ2v) is 4.72. The number of aromatic nitrogens is 3. The van der Waals surface area contributed by atoms with Gasteiger partial charge in [0.05, 0.1) is 18.2 Å². The molecule has 8 heteroatoms. The molecule has 20 heavy (non-hydrogen) atoms. The molecule has 0 aliphatic rings. The zero-order valence-electron chi connectivity index (χ0n) is 11.3. The maximum Gasteiger partial charge on any atom is 0.271 e. The number of nitro benzene ring substituents is 1. The lowest BCUT2D eigenvalue weighted by Gasteiger charge is -2.12. The van der Waals surface area contributed by atoms with E-state index < -0.39 is 10.5 Å². The quantitative estimate of drug-likeness (QED) is 0.670. The number of nitro groups is 1. The zero-order chi connectivity index (χ0) is 14.9. The van der Waals surface area contributed by atoms with Crippen molar-refractivity contribution < 1.29 is 14.8 Å². The van der Waals surface area contributed by atoms with Gasteiger partial charge in [-0.05, 0) is 19.9 Å². The van der Waals surface area contributed by atoms with Crippen molar-refractivity contribution in [2.45, 2.75) is 19.4 Å². The third kappa shape index (κ3) is 2.59. The van der Waals surface area contributed by atoms with Gasteiger partial charge in [-0.2, -0.15) is 0 Å². The van der Waals surface area contributed by atoms with Gasteiger partial charge in [0, 0.05) is 12.1 Å². The SMILES string of the molecule is COc1ccc([N+](=O)[O-])cc1-n1cc(C(C)(C)O)nn1. The summed E-state index contributed by atoms with van der Waals surface area (Å²) in [4.78, 5) is 10.3. The molecule has 8 nitrogen and oxygen atoms in total. The van der Waals surface area contributed by atoms with Crippen LogP contribution in [-0.2, 0) is 5.60 Å². The summed E-state index contributed by atoms with van der Waals surface area (Å²) < 4.78 is 6.49. The number of hydrogen-bond donors (Lipinski definition) is 1. The van der Waals surface area contributed by atoms with Crippen LogP contribution in [0.2, 0.25) is 0 Å². The lowest BCUT2D eigenvalue weighted by atomic mass is 10.1. The molecule has 2 aromatic rings. The normalized spacial score (nSPS) is 11.4. The highest BCUT2D eigenvalue weighted by Crippen LogP contribution is 2.28. The Morgan fingerprint density at radius 1 is 1.45 bits per heavy atom. The van der Waals surface area contributed by atoms with E-state index in [1.54, 1.807) is 13.8 Å². The molecule has 0 radical (unpaired) electrons. The minimum absolute atomic E-state index is 0.0823. The third-order valence-corrected chi connectivity index (χ3v) is 2.74. The van der Waals surface area contributed by atoms with Crippen LogP contribution in [0, 0.1) is 10.1 Å². The number of non-ortho nitro benzene ring substituents is 1. The van der Waals surface area contributed by atoms with Crippen molar-refractivity contribution in [2.75, 3.05) is 7.11 Å². The molecule has 1 aromatic carbocycles. The molecular formula is C12H14N4O4. The van der Waals surface area contributed by atoms with E-state index in [4.69, 9.17) is 4.74 Å². The van der Waals surface area contributed by atoms with Crippen LogP contribution in [0.25, 0.3) is 5.69 Å². The van der Waals surface area contributed by atoms with E-state index in [9.17, 15) is 15.2 Å². The van der Waals surface area contributed by atoms with Gasteiger partial charge in [-0.25, -0.2) is 4.68 Å². The molecule has 1 N–H and O–H groups in total. The smallest absolute Gasteiger partial charge is 0.271 e. The maximum absolute atomic E-state index is 10.8. The Morgan fingerprint density at radius 2 is 2.15 bits per heavy atom. The Morgan fingerprint density at radius 3 is 2.65 bits per heavy atom. The highest BCUT2D eigenvalue weighted by molar-refractivity contribution is 5.53. The van der Waals surface area contributed by atoms with Crippen LogP contribution in [0.15, 0.2) is 24.4 Å². The van der Waals surface area contributed by atoms with Crippen LogP contribution >= 0.6 is 0 Å². The fourth-order valence-electron chi connectivity index (χ4n) is 1.63. The molecular weight excluding hydrogens is 264 g/mol. The average Bonchev–Trinajstić information content (AvgIpc) is 2.87. The summed E-state index contributed by atoms with van der Waals surface area (Å²) in [6, 6.07) is 4.16. The molecule has 106 valence electrons. The van der Waals surface area contributed by atoms with E-state index in [0.29, 0.717) is 17.1 Å². The van der Waals surface area contributed by atoms with Gasteiger partial charge < -0.3 is 9.84 Å². The Labute approximate surface area is 114 Å². The predicted molar refractivity (Wildman–Crippen MR) is 69.8 cm³/mol. The van der Waals surface area contributed by atoms with E-state index in [1.807, 2.05) is 0 Å². The van der Waals surface area contributed by atoms with Crippen LogP contribution in [-0.4, -0.2) is 32.1 Å². The minimum Gasteiger partial charge on any atom is -0.494 e. The number of aliphatic hydroxyl groups is 1. The van der Waals surface area contributed by atoms with Crippen LogP contribution in [0.5, 0.6) is 5.75 Å². The van der Waals surface area contributed by atoms with E-state index in [1.165, 1.54) is 36.2 Å². The predicted octanol–water partition coefficient (Wildman–Crippen LogP) is 1.41. The van der Waals surface area contributed by atoms with E-state index in [2.05, 4.69) is 10.3 Å². The van der Waals surface area contributed by atoms with Gasteiger partial charge in [0.1, 0.15) is 22.7 Å². The van der Waals surface area contributed by atoms with Gasteiger partial charge in [0.25, 0.3) is 5.69 Å². The first kappa shape index (κ1) is 13.9. The number of methoxy groups -OCH3 is 1. The van der Waals surface area contributed by atoms with Gasteiger partial charge in [-0.3, -0.25) is 10.1 Å². The topological polar surface area (TPSA) is 103 Å². The maximum atomic E-state index is 10.8. The number of nitrogens with zero attached hydrogens (tertiary/aromatic N) is 4. The standard InChI is InChI=1S/C12H14N4O4/c1-12(2,17)11-7-15(14-13-11)9-6-8(16(18)19)4-5-10(9)20-3/h4-7,17H,1-3H3. The van der Waals surface area contributed by atoms with Crippen LogP contribution in [0.1, 0.15) is 19.5 Å². The minimum atomic E-state index is -1.15. The van der Waals surface area contributed by atoms with Gasteiger partial charge in [-0.1, -0.05) is 5.21 Å². The average molecular weight is 278 g/mol. The molecule has 0 bridgehead atoms. The summed E-state index contributed by atoms with van der Waals surface area (Å²) in [6.45, 7) is 3.15. The fraction of sp³-hybridized carbons (Fsp3) is 0.333. The lowest BCUT2D eigenvalue weighted by molar-refractivity contribution is -0.384. The molecule has 0 saturated carbocycles. The van der Waals surface area contributed by atoms with E-state index >= 15 is 0 Å². The van der Waals surface area contributed by atoms with Crippen molar-refractivity contribution in [2.24, 2.45) is 0 Å². The number of benzene rings is 1. The summed E-state index contributed by atoms with van der Waals surface area (Å²) in [6.07, 6.45) is 1.50. The summed E-state index contributed by atoms with van der Waals surface area (Å²) in [7, 11) is 1.46. The fourth-order valence-corrected chi connectivity index (χ4v) is 1.63. The van der Waals surface area contributed by atoms with Gasteiger partial charge >= 0.3 is 0 Å². The van der Waals surface area contributed by atoms with Crippen LogP contribution in [0.3, 0.4) is 0 Å². The van der Waals surface area contributed by atoms with Gasteiger partial charge in [0.15, 0.2) is 0 Å². The van der Waals surface area contributed by atoms with Crippen molar-refractivity contribution in [1.29, 1.82) is 0 Å². The van der Waals surface area contributed by atoms with Gasteiger partial charge in [0.2, 0.25) is 0 Å². The Balaban J connectivity index is 2.53. The molecule has 0 atom stereocenters. The van der Waals surface area contributed by atoms with Crippen molar-refractivity contribution in [3.8, 4) is 11.4 Å². The molecule has 0 aliphatic carbocycles. The molecule has 1 aromatic heterocycles. The van der Waals surface area contributed by atoms with Crippen molar-refractivity contribution in [3.05, 3.63) is 40.2 Å². The van der Waals surface area contributed by atoms with Crippen molar-refractivity contribution >= 4 is 5.69 Å². The molecule has 1 heterocycles. The summed E-state index contributed by atoms with van der Waals surface area (Å²) in [5.41, 5.74) is -0.497. The molecule has 0 fully saturated rings. The Kier molecular flexibility index (Phi) is 3.41. The highest BCUT2D eigenvalue weighted by Gasteiger charge is 2.22. The number of hydrogen-bond acceptors (Lipinski definition) is 6. The molecule has 2 rings (SSSR count). The molecule has 0 saturated heterocycles. The van der Waals surface area contributed by atoms with Gasteiger partial charge in [-0.15, -0.1) is 5.10 Å². The summed E-state index contributed by atoms with van der Waals surface area (Å²) in [5.74, 6) is 0.419. The Bertz CT molecular complexity index is 645. The second-order valence-electron chi connectivity index (χ2n) is 4.72. The Hall–Kier alpha value is -2.48.